The Balaban J connectivity index is -0.0000000386. The Hall–Kier alpha value is 0.902. The Morgan fingerprint density at radius 1 is 0.394 bits per heavy atom. The first-order valence-electron chi connectivity index (χ1n) is 4.25. The minimum atomic E-state index is -4.86. The third kappa shape index (κ3) is 124. The molecule has 33 heavy (non-hydrogen) atoms. The van der Waals surface area contributed by atoms with Crippen LogP contribution in [-0.2, 0) is 73.7 Å². The van der Waals surface area contributed by atoms with Crippen molar-refractivity contribution in [2.75, 3.05) is 0 Å². The Morgan fingerprint density at radius 3 is 0.424 bits per heavy atom. The first-order valence-corrected chi connectivity index (χ1v) is 10.9. The fourth-order valence-corrected chi connectivity index (χ4v) is 0. The van der Waals surface area contributed by atoms with Crippen molar-refractivity contribution in [3.05, 3.63) is 0 Å². The second-order valence-electron chi connectivity index (χ2n) is 2.41. The molecule has 0 spiro atoms. The van der Waals surface area contributed by atoms with E-state index in [1.54, 1.807) is 0 Å². The Labute approximate surface area is 223 Å². The summed E-state index contributed by atoms with van der Waals surface area (Å²) >= 11 is 0. The van der Waals surface area contributed by atoms with E-state index in [2.05, 4.69) is 21.7 Å². The van der Waals surface area contributed by atoms with Crippen molar-refractivity contribution in [2.45, 2.75) is 0 Å². The van der Waals surface area contributed by atoms with Crippen molar-refractivity contribution in [3.63, 3.8) is 0 Å². The quantitative estimate of drug-likeness (QED) is 0.0606. The molecule has 0 aliphatic rings. The normalized spacial score (nSPS) is 10.6. The molecule has 0 aromatic rings. The van der Waals surface area contributed by atoms with Gasteiger partial charge in [0.25, 0.3) is 0 Å². The van der Waals surface area contributed by atoms with Crippen LogP contribution in [0.3, 0.4) is 0 Å². The third-order valence-electron chi connectivity index (χ3n) is 0.456. The van der Waals surface area contributed by atoms with Crippen molar-refractivity contribution < 1.29 is 118 Å². The molecule has 0 bridgehead atoms. The van der Waals surface area contributed by atoms with Gasteiger partial charge < -0.3 is 28.2 Å². The van der Waals surface area contributed by atoms with E-state index in [0.29, 0.717) is 0 Å². The van der Waals surface area contributed by atoms with E-state index in [4.69, 9.17) is 91.1 Å². The summed E-state index contributed by atoms with van der Waals surface area (Å²) in [7, 11) is -24.3. The summed E-state index contributed by atoms with van der Waals surface area (Å²) < 4.78 is 146. The molecule has 0 aliphatic heterocycles. The van der Waals surface area contributed by atoms with E-state index in [0.717, 1.165) is 0 Å². The van der Waals surface area contributed by atoms with Gasteiger partial charge in [-0.2, -0.15) is 0 Å². The number of rotatable bonds is 5. The van der Waals surface area contributed by atoms with Gasteiger partial charge in [0.05, 0.1) is 0 Å². The molecule has 0 amide bonds. The van der Waals surface area contributed by atoms with Crippen LogP contribution in [0.2, 0.25) is 0 Å². The van der Waals surface area contributed by atoms with Crippen LogP contribution in [0.1, 0.15) is 0 Å². The summed E-state index contributed by atoms with van der Waals surface area (Å²) in [6.07, 6.45) is 0. The second kappa shape index (κ2) is 26.0. The van der Waals surface area contributed by atoms with Gasteiger partial charge in [0.15, 0.2) is 0 Å². The molecule has 0 atom stereocenters. The molecule has 0 saturated heterocycles. The zero-order chi connectivity index (χ0) is 26.0. The molecule has 33 heteroatoms. The first kappa shape index (κ1) is 54.7. The monoisotopic (exact) mass is 650 g/mol. The van der Waals surface area contributed by atoms with E-state index in [9.17, 15) is 0 Å². The molecule has 0 aromatic heterocycles. The molecule has 0 saturated carbocycles. The van der Waals surface area contributed by atoms with Crippen molar-refractivity contribution in [3.8, 4) is 0 Å². The zero-order valence-corrected chi connectivity index (χ0v) is 21.7. The minimum Gasteiger partial charge on any atom is -0.724 e. The topological polar surface area (TPSA) is 465 Å². The van der Waals surface area contributed by atoms with E-state index in [-0.39, 0.29) is 60.6 Å². The van der Waals surface area contributed by atoms with Gasteiger partial charge in [0, 0.05) is 0 Å². The number of hydrogen-bond donors (Lipinski definition) is 5. The molecule has 26 nitrogen and oxygen atoms in total. The molecular weight excluding hydrogens is 643 g/mol. The van der Waals surface area contributed by atoms with Gasteiger partial charge in [-0.25, -0.2) is 68.4 Å². The maximum atomic E-state index is 8.97. The van der Waals surface area contributed by atoms with E-state index in [1.807, 2.05) is 0 Å². The fourth-order valence-electron chi connectivity index (χ4n) is 0. The average Bonchev–Trinajstić information content (AvgIpc) is 2.54. The van der Waals surface area contributed by atoms with Gasteiger partial charge in [0.2, 0.25) is 52.0 Å². The van der Waals surface area contributed by atoms with Crippen molar-refractivity contribution in [2.24, 2.45) is 0 Å². The number of hydrogen-bond acceptors (Lipinski definition) is 25. The van der Waals surface area contributed by atoms with Crippen LogP contribution in [0.5, 0.6) is 0 Å². The first-order chi connectivity index (χ1) is 12.8. The molecule has 0 radical (unpaired) electrons. The predicted molar refractivity (Wildman–Crippen MR) is 82.2 cm³/mol. The summed E-state index contributed by atoms with van der Waals surface area (Å²) in [6, 6.07) is 0. The maximum absolute atomic E-state index is 8.97. The molecule has 0 aliphatic carbocycles. The summed E-state index contributed by atoms with van der Waals surface area (Å²) in [5, 5.41) is 35.0. The van der Waals surface area contributed by atoms with Crippen molar-refractivity contribution in [1.82, 2.24) is 0 Å². The summed E-state index contributed by atoms with van der Waals surface area (Å²) in [5.41, 5.74) is 0. The smallest absolute Gasteiger partial charge is 0.724 e. The van der Waals surface area contributed by atoms with Crippen LogP contribution < -0.4 is 0 Å². The van der Waals surface area contributed by atoms with Gasteiger partial charge in [-0.3, -0.25) is 0 Å². The Bertz CT molecular complexity index is 728. The van der Waals surface area contributed by atoms with E-state index >= 15 is 0 Å². The van der Waals surface area contributed by atoms with E-state index < -0.39 is 52.0 Å². The van der Waals surface area contributed by atoms with Crippen LogP contribution >= 0.6 is 0 Å². The maximum Gasteiger partial charge on any atom is 3.00 e. The molecule has 7 N–H and O–H groups in total. The largest absolute Gasteiger partial charge is 3.00 e. The second-order valence-corrected chi connectivity index (χ2v) is 7.24. The molecule has 0 aromatic carbocycles. The van der Waals surface area contributed by atoms with Crippen LogP contribution in [0, 0.1) is 0 Å². The molecule has 0 rings (SSSR count). The average molecular weight is 650 g/mol. The van der Waals surface area contributed by atoms with E-state index in [1.165, 1.54) is 0 Å². The molecule has 198 valence electrons. The van der Waals surface area contributed by atoms with Gasteiger partial charge in [-0.15, -0.1) is 21.7 Å². The van der Waals surface area contributed by atoms with Crippen LogP contribution in [0.15, 0.2) is 0 Å². The SMILES string of the molecule is O.O=S(=O)([O-])OO.O=S(=O)([O-])OO.O=S(=O)([O-])OO.O=S(=O)([O-])OO.O=S(=O)([O-])OO.[Al+3].[Ca+2]. The fraction of sp³-hybridized carbons (Fsp3) is 0. The standard InChI is InChI=1S/Al.Ca.5H2O5S.H2O/c;;5*1-5-6(2,3)4;/h;;5*1H,(H,2,3,4);1H2/q+3;+2;;;;;;/p-5. The van der Waals surface area contributed by atoms with Crippen molar-refractivity contribution in [1.29, 1.82) is 0 Å². The summed E-state index contributed by atoms with van der Waals surface area (Å²) in [4.78, 5) is 0. The molecule has 0 fully saturated rings. The van der Waals surface area contributed by atoms with Gasteiger partial charge in [-0.1, -0.05) is 0 Å². The zero-order valence-electron chi connectivity index (χ0n) is 14.2. The third-order valence-corrected chi connectivity index (χ3v) is 1.37. The Morgan fingerprint density at radius 2 is 0.424 bits per heavy atom. The minimum absolute atomic E-state index is 0. The van der Waals surface area contributed by atoms with Gasteiger partial charge in [0.1, 0.15) is 0 Å². The van der Waals surface area contributed by atoms with Crippen molar-refractivity contribution >= 4 is 107 Å². The molecular formula is H7AlCaO26S5. The molecule has 0 unspecified atom stereocenters. The van der Waals surface area contributed by atoms with Crippen LogP contribution in [0.4, 0.5) is 0 Å². The molecule has 0 heterocycles. The van der Waals surface area contributed by atoms with Gasteiger partial charge >= 0.3 is 55.1 Å². The van der Waals surface area contributed by atoms with Crippen LogP contribution in [-0.4, -0.2) is 152 Å². The Kier molecular flexibility index (Phi) is 43.1. The van der Waals surface area contributed by atoms with Gasteiger partial charge in [-0.05, 0) is 0 Å². The predicted octanol–water partition coefficient (Wildman–Crippen LogP) is -6.91. The van der Waals surface area contributed by atoms with Crippen LogP contribution in [0.25, 0.3) is 0 Å². The summed E-state index contributed by atoms with van der Waals surface area (Å²) in [5.74, 6) is 0. The summed E-state index contributed by atoms with van der Waals surface area (Å²) in [6.45, 7) is 0.